The lowest BCUT2D eigenvalue weighted by Gasteiger charge is -2.03. The molecule has 0 fully saturated rings. The highest BCUT2D eigenvalue weighted by Crippen LogP contribution is 2.17. The summed E-state index contributed by atoms with van der Waals surface area (Å²) in [5.41, 5.74) is 3.06. The summed E-state index contributed by atoms with van der Waals surface area (Å²) in [6.45, 7) is 2.47. The summed E-state index contributed by atoms with van der Waals surface area (Å²) >= 11 is 0. The van der Waals surface area contributed by atoms with Gasteiger partial charge in [-0.25, -0.2) is 4.98 Å². The average Bonchev–Trinajstić information content (AvgIpc) is 2.59. The molecule has 1 heterocycles. The van der Waals surface area contributed by atoms with Gasteiger partial charge in [-0.05, 0) is 18.6 Å². The van der Waals surface area contributed by atoms with E-state index >= 15 is 0 Å². The lowest BCUT2D eigenvalue weighted by Crippen LogP contribution is -2.03. The summed E-state index contributed by atoms with van der Waals surface area (Å²) in [5.74, 6) is -0.787. The minimum Gasteiger partial charge on any atom is -0.481 e. The number of aryl methyl sites for hydroxylation is 2. The Labute approximate surface area is 87.2 Å². The Morgan fingerprint density at radius 3 is 3.07 bits per heavy atom. The largest absolute Gasteiger partial charge is 0.481 e. The van der Waals surface area contributed by atoms with Gasteiger partial charge in [0, 0.05) is 6.54 Å². The fraction of sp³-hybridized carbons (Fsp3) is 0.273. The molecule has 0 aliphatic heterocycles. The number of rotatable bonds is 3. The van der Waals surface area contributed by atoms with Crippen molar-refractivity contribution in [1.29, 1.82) is 0 Å². The van der Waals surface area contributed by atoms with Gasteiger partial charge in [-0.3, -0.25) is 4.79 Å². The van der Waals surface area contributed by atoms with E-state index in [2.05, 4.69) is 4.98 Å². The van der Waals surface area contributed by atoms with Crippen LogP contribution in [0.3, 0.4) is 0 Å². The van der Waals surface area contributed by atoms with E-state index in [0.717, 1.165) is 16.6 Å². The molecule has 0 amide bonds. The first-order chi connectivity index (χ1) is 7.18. The topological polar surface area (TPSA) is 55.1 Å². The van der Waals surface area contributed by atoms with Crippen molar-refractivity contribution in [3.8, 4) is 0 Å². The molecule has 4 nitrogen and oxygen atoms in total. The number of carboxylic acid groups (broad SMARTS) is 1. The zero-order valence-corrected chi connectivity index (χ0v) is 8.47. The van der Waals surface area contributed by atoms with Crippen molar-refractivity contribution >= 4 is 17.0 Å². The number of para-hydroxylation sites is 1. The van der Waals surface area contributed by atoms with Crippen LogP contribution in [0.2, 0.25) is 0 Å². The highest BCUT2D eigenvalue weighted by Gasteiger charge is 2.05. The molecule has 0 aliphatic carbocycles. The predicted octanol–water partition coefficient (Wildman–Crippen LogP) is 1.82. The second-order valence-electron chi connectivity index (χ2n) is 3.52. The predicted molar refractivity (Wildman–Crippen MR) is 56.7 cm³/mol. The molecule has 0 aliphatic rings. The van der Waals surface area contributed by atoms with Crippen LogP contribution in [0.1, 0.15) is 12.0 Å². The first kappa shape index (κ1) is 9.71. The fourth-order valence-corrected chi connectivity index (χ4v) is 1.70. The first-order valence-electron chi connectivity index (χ1n) is 4.81. The Kier molecular flexibility index (Phi) is 2.41. The highest BCUT2D eigenvalue weighted by atomic mass is 16.4. The van der Waals surface area contributed by atoms with Crippen LogP contribution in [0.15, 0.2) is 24.5 Å². The molecule has 1 N–H and O–H groups in total. The molecule has 0 saturated heterocycles. The molecular weight excluding hydrogens is 192 g/mol. The standard InChI is InChI=1S/C11H12N2O2/c1-8-3-2-4-9-11(8)13(7-12-9)6-5-10(14)15/h2-4,7H,5-6H2,1H3,(H,14,15). The van der Waals surface area contributed by atoms with E-state index in [9.17, 15) is 4.79 Å². The van der Waals surface area contributed by atoms with Gasteiger partial charge in [0.1, 0.15) is 0 Å². The van der Waals surface area contributed by atoms with Crippen molar-refractivity contribution in [3.05, 3.63) is 30.1 Å². The normalized spacial score (nSPS) is 10.7. The van der Waals surface area contributed by atoms with Gasteiger partial charge in [0.2, 0.25) is 0 Å². The second-order valence-corrected chi connectivity index (χ2v) is 3.52. The second kappa shape index (κ2) is 3.73. The lowest BCUT2D eigenvalue weighted by molar-refractivity contribution is -0.137. The maximum Gasteiger partial charge on any atom is 0.305 e. The molecule has 0 saturated carbocycles. The molecular formula is C11H12N2O2. The quantitative estimate of drug-likeness (QED) is 0.829. The third kappa shape index (κ3) is 1.83. The number of imidazole rings is 1. The van der Waals surface area contributed by atoms with Gasteiger partial charge in [0.05, 0.1) is 23.8 Å². The number of hydrogen-bond acceptors (Lipinski definition) is 2. The number of aliphatic carboxylic acids is 1. The first-order valence-corrected chi connectivity index (χ1v) is 4.81. The molecule has 1 aromatic carbocycles. The minimum atomic E-state index is -0.787. The highest BCUT2D eigenvalue weighted by molar-refractivity contribution is 5.79. The molecule has 15 heavy (non-hydrogen) atoms. The summed E-state index contributed by atoms with van der Waals surface area (Å²) in [4.78, 5) is 14.7. The van der Waals surface area contributed by atoms with Crippen LogP contribution in [0.4, 0.5) is 0 Å². The van der Waals surface area contributed by atoms with E-state index in [1.807, 2.05) is 29.7 Å². The van der Waals surface area contributed by atoms with Gasteiger partial charge in [-0.2, -0.15) is 0 Å². The van der Waals surface area contributed by atoms with Crippen LogP contribution in [0.5, 0.6) is 0 Å². The van der Waals surface area contributed by atoms with Crippen molar-refractivity contribution in [2.75, 3.05) is 0 Å². The summed E-state index contributed by atoms with van der Waals surface area (Å²) in [6, 6.07) is 5.88. The minimum absolute atomic E-state index is 0.125. The van der Waals surface area contributed by atoms with Gasteiger partial charge in [0.15, 0.2) is 0 Å². The molecule has 2 aromatic rings. The van der Waals surface area contributed by atoms with Gasteiger partial charge in [0.25, 0.3) is 0 Å². The monoisotopic (exact) mass is 204 g/mol. The van der Waals surface area contributed by atoms with E-state index in [0.29, 0.717) is 6.54 Å². The van der Waals surface area contributed by atoms with Crippen molar-refractivity contribution in [1.82, 2.24) is 9.55 Å². The number of hydrogen-bond donors (Lipinski definition) is 1. The summed E-state index contributed by atoms with van der Waals surface area (Å²) in [5, 5.41) is 8.62. The van der Waals surface area contributed by atoms with Crippen molar-refractivity contribution in [2.24, 2.45) is 0 Å². The summed E-state index contributed by atoms with van der Waals surface area (Å²) < 4.78 is 1.89. The Bertz CT molecular complexity index is 502. The van der Waals surface area contributed by atoms with Crippen molar-refractivity contribution in [3.63, 3.8) is 0 Å². The van der Waals surface area contributed by atoms with Gasteiger partial charge in [-0.1, -0.05) is 12.1 Å². The maximum atomic E-state index is 10.5. The third-order valence-electron chi connectivity index (χ3n) is 2.41. The Hall–Kier alpha value is -1.84. The number of aromatic nitrogens is 2. The molecule has 0 bridgehead atoms. The molecule has 0 spiro atoms. The van der Waals surface area contributed by atoms with E-state index < -0.39 is 5.97 Å². The molecule has 2 rings (SSSR count). The Balaban J connectivity index is 2.39. The van der Waals surface area contributed by atoms with Crippen LogP contribution in [-0.2, 0) is 11.3 Å². The number of fused-ring (bicyclic) bond motifs is 1. The third-order valence-corrected chi connectivity index (χ3v) is 2.41. The van der Waals surface area contributed by atoms with E-state index in [-0.39, 0.29) is 6.42 Å². The van der Waals surface area contributed by atoms with Crippen LogP contribution in [0.25, 0.3) is 11.0 Å². The van der Waals surface area contributed by atoms with E-state index in [4.69, 9.17) is 5.11 Å². The SMILES string of the molecule is Cc1cccc2ncn(CCC(=O)O)c12. The molecule has 1 aromatic heterocycles. The fourth-order valence-electron chi connectivity index (χ4n) is 1.70. The number of nitrogens with zero attached hydrogens (tertiary/aromatic N) is 2. The lowest BCUT2D eigenvalue weighted by atomic mass is 10.2. The van der Waals surface area contributed by atoms with Crippen LogP contribution < -0.4 is 0 Å². The van der Waals surface area contributed by atoms with Gasteiger partial charge >= 0.3 is 5.97 Å². The van der Waals surface area contributed by atoms with Crippen molar-refractivity contribution < 1.29 is 9.90 Å². The molecule has 0 radical (unpaired) electrons. The van der Waals surface area contributed by atoms with E-state index in [1.165, 1.54) is 0 Å². The smallest absolute Gasteiger partial charge is 0.305 e. The molecule has 0 atom stereocenters. The number of carbonyl (C=O) groups is 1. The molecule has 78 valence electrons. The van der Waals surface area contributed by atoms with Crippen molar-refractivity contribution in [2.45, 2.75) is 19.9 Å². The van der Waals surface area contributed by atoms with Crippen LogP contribution in [-0.4, -0.2) is 20.6 Å². The van der Waals surface area contributed by atoms with Crippen LogP contribution >= 0.6 is 0 Å². The molecule has 0 unspecified atom stereocenters. The summed E-state index contributed by atoms with van der Waals surface area (Å²) in [7, 11) is 0. The average molecular weight is 204 g/mol. The zero-order chi connectivity index (χ0) is 10.8. The summed E-state index contributed by atoms with van der Waals surface area (Å²) in [6.07, 6.45) is 1.82. The van der Waals surface area contributed by atoms with Crippen LogP contribution in [0, 0.1) is 6.92 Å². The van der Waals surface area contributed by atoms with E-state index in [1.54, 1.807) is 6.33 Å². The van der Waals surface area contributed by atoms with Gasteiger partial charge < -0.3 is 9.67 Å². The molecule has 4 heteroatoms. The number of benzene rings is 1. The maximum absolute atomic E-state index is 10.5. The Morgan fingerprint density at radius 1 is 1.53 bits per heavy atom. The number of carboxylic acids is 1. The Morgan fingerprint density at radius 2 is 2.33 bits per heavy atom. The zero-order valence-electron chi connectivity index (χ0n) is 8.47. The van der Waals surface area contributed by atoms with Gasteiger partial charge in [-0.15, -0.1) is 0 Å².